The number of carbonyl (C=O) groups excluding carboxylic acids is 3. The minimum atomic E-state index is -0.674. The molecule has 0 aliphatic carbocycles. The normalized spacial score (nSPS) is 10.7. The quantitative estimate of drug-likeness (QED) is 0.0924. The molecule has 8 nitrogen and oxygen atoms in total. The third kappa shape index (κ3) is 8.41. The zero-order valence-corrected chi connectivity index (χ0v) is 23.3. The highest BCUT2D eigenvalue weighted by Gasteiger charge is 2.15. The summed E-state index contributed by atoms with van der Waals surface area (Å²) in [4.78, 5) is 37.9. The molecule has 0 saturated carbocycles. The third-order valence-corrected chi connectivity index (χ3v) is 6.02. The van der Waals surface area contributed by atoms with Crippen molar-refractivity contribution in [1.29, 1.82) is 0 Å². The highest BCUT2D eigenvalue weighted by molar-refractivity contribution is 6.31. The first-order chi connectivity index (χ1) is 19.8. The van der Waals surface area contributed by atoms with Crippen molar-refractivity contribution >= 4 is 47.3 Å². The van der Waals surface area contributed by atoms with Gasteiger partial charge in [0, 0.05) is 27.2 Å². The van der Waals surface area contributed by atoms with Crippen LogP contribution in [-0.2, 0) is 0 Å². The number of rotatable bonds is 10. The number of benzene rings is 4. The van der Waals surface area contributed by atoms with Crippen LogP contribution in [0.4, 0.5) is 0 Å². The predicted molar refractivity (Wildman–Crippen MR) is 157 cm³/mol. The Bertz CT molecular complexity index is 1550. The smallest absolute Gasteiger partial charge is 0.343 e. The average Bonchev–Trinajstić information content (AvgIpc) is 2.98. The second-order valence-electron chi connectivity index (χ2n) is 8.56. The molecule has 1 amide bonds. The molecule has 0 atom stereocenters. The van der Waals surface area contributed by atoms with Gasteiger partial charge in [-0.3, -0.25) is 4.79 Å². The third-order valence-electron chi connectivity index (χ3n) is 5.52. The number of nitrogens with zero attached hydrogens (tertiary/aromatic N) is 1. The van der Waals surface area contributed by atoms with Gasteiger partial charge in [-0.25, -0.2) is 15.0 Å². The Labute approximate surface area is 246 Å². The van der Waals surface area contributed by atoms with Crippen LogP contribution in [0.25, 0.3) is 0 Å². The van der Waals surface area contributed by atoms with E-state index >= 15 is 0 Å². The van der Waals surface area contributed by atoms with Gasteiger partial charge < -0.3 is 14.2 Å². The predicted octanol–water partition coefficient (Wildman–Crippen LogP) is 6.98. The zero-order chi connectivity index (χ0) is 29.2. The highest BCUT2D eigenvalue weighted by Crippen LogP contribution is 2.26. The number of ether oxygens (including phenoxy) is 3. The van der Waals surface area contributed by atoms with Crippen LogP contribution in [0.2, 0.25) is 10.0 Å². The van der Waals surface area contributed by atoms with Crippen molar-refractivity contribution < 1.29 is 28.6 Å². The molecule has 0 radical (unpaired) electrons. The van der Waals surface area contributed by atoms with E-state index in [1.165, 1.54) is 48.7 Å². The summed E-state index contributed by atoms with van der Waals surface area (Å²) in [7, 11) is 0. The van der Waals surface area contributed by atoms with Gasteiger partial charge in [0.05, 0.1) is 23.9 Å². The molecule has 0 spiro atoms. The summed E-state index contributed by atoms with van der Waals surface area (Å²) in [5.74, 6) is -0.923. The lowest BCUT2D eigenvalue weighted by molar-refractivity contribution is 0.0732. The fourth-order valence-corrected chi connectivity index (χ4v) is 3.67. The summed E-state index contributed by atoms with van der Waals surface area (Å²) in [6, 6.07) is 23.4. The number of esters is 2. The Morgan fingerprint density at radius 2 is 1.27 bits per heavy atom. The van der Waals surface area contributed by atoms with Crippen molar-refractivity contribution in [2.24, 2.45) is 5.10 Å². The molecule has 4 aromatic carbocycles. The maximum atomic E-state index is 12.8. The SMILES string of the molecule is CCCOc1ccc(C(=O)NN=Cc2ccc(OC(=O)c3ccc(Cl)cc3)cc2OC(=O)c2ccc(Cl)cc2)cc1. The van der Waals surface area contributed by atoms with E-state index in [1.54, 1.807) is 48.5 Å². The molecule has 0 saturated heterocycles. The Morgan fingerprint density at radius 3 is 1.85 bits per heavy atom. The summed E-state index contributed by atoms with van der Waals surface area (Å²) in [6.07, 6.45) is 2.19. The number of hydrogen-bond donors (Lipinski definition) is 1. The van der Waals surface area contributed by atoms with Crippen LogP contribution in [-0.4, -0.2) is 30.7 Å². The molecular formula is C31H24Cl2N2O6. The van der Waals surface area contributed by atoms with E-state index in [9.17, 15) is 14.4 Å². The van der Waals surface area contributed by atoms with Crippen molar-refractivity contribution in [3.05, 3.63) is 123 Å². The second kappa shape index (κ2) is 14.1. The molecule has 0 unspecified atom stereocenters. The largest absolute Gasteiger partial charge is 0.494 e. The lowest BCUT2D eigenvalue weighted by Gasteiger charge is -2.11. The number of amides is 1. The van der Waals surface area contributed by atoms with E-state index in [1.807, 2.05) is 6.92 Å². The standard InChI is InChI=1S/C31H24Cl2N2O6/c1-2-17-39-26-14-7-20(8-15-26)29(36)35-34-19-23-9-16-27(40-30(37)21-3-10-24(32)11-4-21)18-28(23)41-31(38)22-5-12-25(33)13-6-22/h3-16,18-19H,2,17H2,1H3,(H,35,36). The Balaban J connectivity index is 1.52. The lowest BCUT2D eigenvalue weighted by Crippen LogP contribution is -2.17. The van der Waals surface area contributed by atoms with Gasteiger partial charge in [-0.15, -0.1) is 0 Å². The molecule has 41 heavy (non-hydrogen) atoms. The highest BCUT2D eigenvalue weighted by atomic mass is 35.5. The van der Waals surface area contributed by atoms with Crippen LogP contribution in [0.5, 0.6) is 17.2 Å². The Morgan fingerprint density at radius 1 is 0.732 bits per heavy atom. The van der Waals surface area contributed by atoms with Crippen molar-refractivity contribution in [2.75, 3.05) is 6.61 Å². The summed E-state index contributed by atoms with van der Waals surface area (Å²) in [6.45, 7) is 2.59. The van der Waals surface area contributed by atoms with Gasteiger partial charge >= 0.3 is 11.9 Å². The van der Waals surface area contributed by atoms with Gasteiger partial charge in [-0.2, -0.15) is 5.10 Å². The maximum Gasteiger partial charge on any atom is 0.343 e. The molecule has 0 bridgehead atoms. The van der Waals surface area contributed by atoms with Crippen LogP contribution >= 0.6 is 23.2 Å². The van der Waals surface area contributed by atoms with E-state index in [0.29, 0.717) is 33.5 Å². The van der Waals surface area contributed by atoms with Crippen LogP contribution in [0, 0.1) is 0 Å². The van der Waals surface area contributed by atoms with Crippen molar-refractivity contribution in [3.63, 3.8) is 0 Å². The minimum absolute atomic E-state index is 0.0433. The van der Waals surface area contributed by atoms with Crippen molar-refractivity contribution in [3.8, 4) is 17.2 Å². The molecule has 208 valence electrons. The average molecular weight is 591 g/mol. The van der Waals surface area contributed by atoms with E-state index in [2.05, 4.69) is 10.5 Å². The van der Waals surface area contributed by atoms with E-state index < -0.39 is 17.8 Å². The van der Waals surface area contributed by atoms with Gasteiger partial charge in [0.2, 0.25) is 0 Å². The van der Waals surface area contributed by atoms with Gasteiger partial charge in [-0.1, -0.05) is 30.1 Å². The summed E-state index contributed by atoms with van der Waals surface area (Å²) in [5, 5.41) is 4.94. The van der Waals surface area contributed by atoms with E-state index in [4.69, 9.17) is 37.4 Å². The van der Waals surface area contributed by atoms with Crippen LogP contribution in [0.15, 0.2) is 96.1 Å². The summed E-state index contributed by atoms with van der Waals surface area (Å²) >= 11 is 11.8. The first kappa shape index (κ1) is 29.3. The molecule has 4 rings (SSSR count). The molecule has 0 aliphatic heterocycles. The molecule has 0 aliphatic rings. The topological polar surface area (TPSA) is 103 Å². The fraction of sp³-hybridized carbons (Fsp3) is 0.0968. The Kier molecular flexibility index (Phi) is 10.1. The number of hydrazone groups is 1. The van der Waals surface area contributed by atoms with Gasteiger partial charge in [0.25, 0.3) is 5.91 Å². The lowest BCUT2D eigenvalue weighted by atomic mass is 10.2. The minimum Gasteiger partial charge on any atom is -0.494 e. The van der Waals surface area contributed by atoms with Gasteiger partial charge in [0.1, 0.15) is 17.2 Å². The number of nitrogens with one attached hydrogen (secondary N) is 1. The van der Waals surface area contributed by atoms with Crippen LogP contribution in [0.1, 0.15) is 50.0 Å². The van der Waals surface area contributed by atoms with E-state index in [-0.39, 0.29) is 22.6 Å². The maximum absolute atomic E-state index is 12.8. The molecule has 1 N–H and O–H groups in total. The number of carbonyl (C=O) groups is 3. The molecule has 0 fully saturated rings. The summed E-state index contributed by atoms with van der Waals surface area (Å²) < 4.78 is 16.6. The molecule has 10 heteroatoms. The van der Waals surface area contributed by atoms with Crippen LogP contribution in [0.3, 0.4) is 0 Å². The van der Waals surface area contributed by atoms with E-state index in [0.717, 1.165) is 6.42 Å². The molecule has 4 aromatic rings. The number of hydrogen-bond acceptors (Lipinski definition) is 7. The van der Waals surface area contributed by atoms with Crippen molar-refractivity contribution in [2.45, 2.75) is 13.3 Å². The monoisotopic (exact) mass is 590 g/mol. The fourth-order valence-electron chi connectivity index (χ4n) is 3.42. The molecular weight excluding hydrogens is 567 g/mol. The second-order valence-corrected chi connectivity index (χ2v) is 9.44. The first-order valence-corrected chi connectivity index (χ1v) is 13.2. The zero-order valence-electron chi connectivity index (χ0n) is 21.8. The Hall–Kier alpha value is -4.66. The van der Waals surface area contributed by atoms with Crippen LogP contribution < -0.4 is 19.6 Å². The number of halogens is 2. The first-order valence-electron chi connectivity index (χ1n) is 12.5. The van der Waals surface area contributed by atoms with Crippen molar-refractivity contribution in [1.82, 2.24) is 5.43 Å². The van der Waals surface area contributed by atoms with Gasteiger partial charge in [0.15, 0.2) is 0 Å². The summed E-state index contributed by atoms with van der Waals surface area (Å²) in [5.41, 5.74) is 3.69. The molecule has 0 aromatic heterocycles. The molecule has 0 heterocycles. The van der Waals surface area contributed by atoms with Gasteiger partial charge in [-0.05, 0) is 91.3 Å².